The molecule has 2 atom stereocenters. The van der Waals surface area contributed by atoms with Gasteiger partial charge < -0.3 is 14.4 Å². The molecule has 5 rings (SSSR count). The number of aromatic nitrogens is 5. The van der Waals surface area contributed by atoms with Crippen LogP contribution >= 0.6 is 0 Å². The Morgan fingerprint density at radius 2 is 2.00 bits per heavy atom. The van der Waals surface area contributed by atoms with Crippen LogP contribution in [0.4, 0.5) is 4.79 Å². The molecular formula is C25H31N7O3. The largest absolute Gasteiger partial charge is 0.482 e. The number of carbonyl (C=O) groups is 1. The molecule has 0 aromatic carbocycles. The summed E-state index contributed by atoms with van der Waals surface area (Å²) in [6.45, 7) is 8.37. The van der Waals surface area contributed by atoms with Crippen molar-refractivity contribution < 1.29 is 14.3 Å². The minimum Gasteiger partial charge on any atom is -0.482 e. The summed E-state index contributed by atoms with van der Waals surface area (Å²) in [5.74, 6) is 1.04. The molecule has 1 aliphatic carbocycles. The highest BCUT2D eigenvalue weighted by Crippen LogP contribution is 2.43. The number of ether oxygens (including phenoxy) is 2. The number of fused-ring (bicyclic) bond motifs is 1. The zero-order chi connectivity index (χ0) is 24.9. The first-order chi connectivity index (χ1) is 16.7. The molecular weight excluding hydrogens is 446 g/mol. The van der Waals surface area contributed by atoms with Crippen molar-refractivity contribution in [2.24, 2.45) is 5.92 Å². The quantitative estimate of drug-likeness (QED) is 0.555. The molecule has 1 amide bonds. The molecule has 1 aliphatic heterocycles. The van der Waals surface area contributed by atoms with Gasteiger partial charge in [0.2, 0.25) is 5.88 Å². The zero-order valence-corrected chi connectivity index (χ0v) is 20.9. The number of methoxy groups -OCH3 is 1. The van der Waals surface area contributed by atoms with Crippen molar-refractivity contribution in [2.75, 3.05) is 13.7 Å². The fourth-order valence-electron chi connectivity index (χ4n) is 5.07. The Balaban J connectivity index is 1.42. The van der Waals surface area contributed by atoms with Crippen molar-refractivity contribution in [3.05, 3.63) is 29.7 Å². The fraction of sp³-hybridized carbons (Fsp3) is 0.560. The van der Waals surface area contributed by atoms with E-state index in [1.54, 1.807) is 11.5 Å². The number of hydrogen-bond acceptors (Lipinski definition) is 7. The highest BCUT2D eigenvalue weighted by atomic mass is 16.6. The van der Waals surface area contributed by atoms with E-state index in [1.807, 2.05) is 49.4 Å². The molecule has 10 nitrogen and oxygen atoms in total. The van der Waals surface area contributed by atoms with Gasteiger partial charge in [0.1, 0.15) is 28.7 Å². The van der Waals surface area contributed by atoms with Crippen LogP contribution in [0.2, 0.25) is 0 Å². The highest BCUT2D eigenvalue weighted by molar-refractivity contribution is 5.69. The van der Waals surface area contributed by atoms with Gasteiger partial charge in [-0.1, -0.05) is 5.21 Å². The molecule has 0 bridgehead atoms. The number of hydrogen-bond donors (Lipinski definition) is 0. The van der Waals surface area contributed by atoms with Crippen molar-refractivity contribution in [3.8, 4) is 23.2 Å². The summed E-state index contributed by atoms with van der Waals surface area (Å²) in [5.41, 5.74) is 3.05. The first-order valence-corrected chi connectivity index (χ1v) is 12.1. The Hall–Kier alpha value is -3.61. The molecule has 184 valence electrons. The van der Waals surface area contributed by atoms with E-state index in [2.05, 4.69) is 21.4 Å². The summed E-state index contributed by atoms with van der Waals surface area (Å²) in [5, 5.41) is 18.4. The van der Waals surface area contributed by atoms with Crippen molar-refractivity contribution in [1.29, 1.82) is 5.26 Å². The standard InChI is InChI=1S/C25H31N7O3/c1-15-23(17-10-21-27-14-19(13-26)31(21)22(11-17)34-5)28-29-32(15)18-8-9-30(20(12-18)16-6-7-16)24(33)35-25(2,3)4/h10-11,14,16,18,20H,6-9,12H2,1-5H3/t18-,20+/m1/s1. The van der Waals surface area contributed by atoms with Crippen LogP contribution in [0.15, 0.2) is 18.3 Å². The first kappa shape index (κ1) is 23.1. The van der Waals surface area contributed by atoms with Gasteiger partial charge in [0.15, 0.2) is 0 Å². The number of imidazole rings is 1. The molecule has 10 heteroatoms. The molecule has 1 saturated heterocycles. The number of pyridine rings is 1. The number of rotatable bonds is 4. The van der Waals surface area contributed by atoms with Crippen LogP contribution in [0, 0.1) is 24.2 Å². The van der Waals surface area contributed by atoms with Gasteiger partial charge in [0.05, 0.1) is 25.0 Å². The molecule has 2 fully saturated rings. The third-order valence-electron chi connectivity index (χ3n) is 6.85. The molecule has 3 aromatic rings. The van der Waals surface area contributed by atoms with Crippen LogP contribution in [0.5, 0.6) is 5.88 Å². The second kappa shape index (κ2) is 8.56. The summed E-state index contributed by atoms with van der Waals surface area (Å²) in [6.07, 6.45) is 5.23. The predicted octanol–water partition coefficient (Wildman–Crippen LogP) is 4.13. The smallest absolute Gasteiger partial charge is 0.410 e. The Labute approximate surface area is 204 Å². The number of amides is 1. The maximum Gasteiger partial charge on any atom is 0.410 e. The van der Waals surface area contributed by atoms with Gasteiger partial charge in [0.25, 0.3) is 0 Å². The molecule has 0 unspecified atom stereocenters. The minimum atomic E-state index is -0.509. The molecule has 3 aromatic heterocycles. The average Bonchev–Trinajstić information content (AvgIpc) is 3.47. The molecule has 0 radical (unpaired) electrons. The molecule has 35 heavy (non-hydrogen) atoms. The Morgan fingerprint density at radius 3 is 2.66 bits per heavy atom. The van der Waals surface area contributed by atoms with Crippen LogP contribution in [0.1, 0.15) is 63.9 Å². The number of nitrogens with zero attached hydrogens (tertiary/aromatic N) is 7. The zero-order valence-electron chi connectivity index (χ0n) is 20.9. The Kier molecular flexibility index (Phi) is 5.66. The van der Waals surface area contributed by atoms with E-state index >= 15 is 0 Å². The third kappa shape index (κ3) is 4.31. The Morgan fingerprint density at radius 1 is 1.23 bits per heavy atom. The van der Waals surface area contributed by atoms with E-state index in [0.717, 1.165) is 42.6 Å². The van der Waals surface area contributed by atoms with E-state index < -0.39 is 5.60 Å². The van der Waals surface area contributed by atoms with Gasteiger partial charge in [-0.2, -0.15) is 5.26 Å². The lowest BCUT2D eigenvalue weighted by Gasteiger charge is -2.40. The van der Waals surface area contributed by atoms with Crippen LogP contribution in [0.3, 0.4) is 0 Å². The van der Waals surface area contributed by atoms with Crippen molar-refractivity contribution in [1.82, 2.24) is 29.3 Å². The van der Waals surface area contributed by atoms with E-state index in [4.69, 9.17) is 9.47 Å². The van der Waals surface area contributed by atoms with Crippen molar-refractivity contribution in [3.63, 3.8) is 0 Å². The van der Waals surface area contributed by atoms with Crippen LogP contribution in [0.25, 0.3) is 16.9 Å². The minimum absolute atomic E-state index is 0.154. The average molecular weight is 478 g/mol. The van der Waals surface area contributed by atoms with Crippen LogP contribution in [-0.2, 0) is 4.74 Å². The maximum absolute atomic E-state index is 12.9. The van der Waals surface area contributed by atoms with Crippen molar-refractivity contribution in [2.45, 2.75) is 71.1 Å². The van der Waals surface area contributed by atoms with Crippen molar-refractivity contribution >= 4 is 11.7 Å². The molecule has 2 aliphatic rings. The molecule has 1 saturated carbocycles. The SMILES string of the molecule is COc1cc(-c2nnn([C@@H]3CCN(C(=O)OC(C)(C)C)[C@H](C4CC4)C3)c2C)cc2ncc(C#N)n12. The lowest BCUT2D eigenvalue weighted by molar-refractivity contribution is 0.00131. The number of piperidine rings is 1. The van der Waals surface area contributed by atoms with Gasteiger partial charge in [-0.3, -0.25) is 4.40 Å². The number of nitriles is 1. The lowest BCUT2D eigenvalue weighted by atomic mass is 9.94. The predicted molar refractivity (Wildman–Crippen MR) is 128 cm³/mol. The molecule has 0 spiro atoms. The summed E-state index contributed by atoms with van der Waals surface area (Å²) >= 11 is 0. The number of likely N-dealkylation sites (tertiary alicyclic amines) is 1. The van der Waals surface area contributed by atoms with Gasteiger partial charge in [-0.25, -0.2) is 14.5 Å². The van der Waals surface area contributed by atoms with E-state index in [-0.39, 0.29) is 18.2 Å². The van der Waals surface area contributed by atoms with Gasteiger partial charge >= 0.3 is 6.09 Å². The highest BCUT2D eigenvalue weighted by Gasteiger charge is 2.43. The van der Waals surface area contributed by atoms with E-state index in [1.165, 1.54) is 6.20 Å². The Bertz CT molecular complexity index is 1310. The monoisotopic (exact) mass is 477 g/mol. The van der Waals surface area contributed by atoms with E-state index in [0.29, 0.717) is 29.7 Å². The summed E-state index contributed by atoms with van der Waals surface area (Å²) in [7, 11) is 1.57. The van der Waals surface area contributed by atoms with Gasteiger partial charge in [-0.05, 0) is 65.4 Å². The second-order valence-corrected chi connectivity index (χ2v) is 10.5. The fourth-order valence-corrected chi connectivity index (χ4v) is 5.07. The van der Waals surface area contributed by atoms with Gasteiger partial charge in [-0.15, -0.1) is 5.10 Å². The summed E-state index contributed by atoms with van der Waals surface area (Å²) < 4.78 is 14.9. The van der Waals surface area contributed by atoms with E-state index in [9.17, 15) is 10.1 Å². The normalized spacial score (nSPS) is 20.6. The topological polar surface area (TPSA) is 111 Å². The maximum atomic E-state index is 12.9. The third-order valence-corrected chi connectivity index (χ3v) is 6.85. The lowest BCUT2D eigenvalue weighted by Crippen LogP contribution is -2.49. The summed E-state index contributed by atoms with van der Waals surface area (Å²) in [6, 6.07) is 6.19. The molecule has 0 N–H and O–H groups in total. The van der Waals surface area contributed by atoms with Crippen LogP contribution < -0.4 is 4.74 Å². The summed E-state index contributed by atoms with van der Waals surface area (Å²) in [4.78, 5) is 19.2. The van der Waals surface area contributed by atoms with Gasteiger partial charge in [0, 0.05) is 24.2 Å². The number of carbonyl (C=O) groups excluding carboxylic acids is 1. The van der Waals surface area contributed by atoms with Crippen LogP contribution in [-0.4, -0.2) is 60.7 Å². The first-order valence-electron chi connectivity index (χ1n) is 12.1. The second-order valence-electron chi connectivity index (χ2n) is 10.5. The molecule has 4 heterocycles.